The van der Waals surface area contributed by atoms with Crippen molar-refractivity contribution in [3.8, 4) is 0 Å². The van der Waals surface area contributed by atoms with Crippen molar-refractivity contribution in [3.05, 3.63) is 35.9 Å². The maximum absolute atomic E-state index is 6.05. The summed E-state index contributed by atoms with van der Waals surface area (Å²) in [6.07, 6.45) is 5.66. The van der Waals surface area contributed by atoms with Gasteiger partial charge in [-0.1, -0.05) is 30.3 Å². The highest BCUT2D eigenvalue weighted by molar-refractivity contribution is 5.78. The SMILES string of the molecule is COC1(CN=C(N)N2CCC2)CCC(c2ccccc2)CC1. The Hall–Kier alpha value is -1.55. The molecule has 2 N–H and O–H groups in total. The fraction of sp³-hybridized carbons (Fsp3) is 0.611. The maximum Gasteiger partial charge on any atom is 0.191 e. The van der Waals surface area contributed by atoms with Crippen LogP contribution < -0.4 is 5.73 Å². The van der Waals surface area contributed by atoms with Crippen molar-refractivity contribution in [2.75, 3.05) is 26.7 Å². The summed E-state index contributed by atoms with van der Waals surface area (Å²) in [6.45, 7) is 2.78. The topological polar surface area (TPSA) is 50.9 Å². The molecule has 1 aliphatic heterocycles. The summed E-state index contributed by atoms with van der Waals surface area (Å²) in [5.41, 5.74) is 7.38. The van der Waals surface area contributed by atoms with E-state index in [-0.39, 0.29) is 5.60 Å². The van der Waals surface area contributed by atoms with Crippen LogP contribution in [0.1, 0.15) is 43.6 Å². The summed E-state index contributed by atoms with van der Waals surface area (Å²) in [5, 5.41) is 0. The Bertz CT molecular complexity index is 502. The van der Waals surface area contributed by atoms with Crippen molar-refractivity contribution in [2.24, 2.45) is 10.7 Å². The Morgan fingerprint density at radius 1 is 1.27 bits per heavy atom. The number of rotatable bonds is 4. The number of nitrogens with zero attached hydrogens (tertiary/aromatic N) is 2. The predicted molar refractivity (Wildman–Crippen MR) is 90.1 cm³/mol. The molecule has 1 aromatic carbocycles. The fourth-order valence-corrected chi connectivity index (χ4v) is 3.50. The molecule has 0 radical (unpaired) electrons. The van der Waals surface area contributed by atoms with Gasteiger partial charge in [-0.2, -0.15) is 0 Å². The highest BCUT2D eigenvalue weighted by atomic mass is 16.5. The number of aliphatic imine (C=N–C) groups is 1. The molecule has 1 heterocycles. The van der Waals surface area contributed by atoms with Gasteiger partial charge < -0.3 is 15.4 Å². The van der Waals surface area contributed by atoms with Crippen molar-refractivity contribution in [1.82, 2.24) is 4.90 Å². The van der Waals surface area contributed by atoms with Crippen LogP contribution >= 0.6 is 0 Å². The van der Waals surface area contributed by atoms with Gasteiger partial charge in [-0.25, -0.2) is 0 Å². The quantitative estimate of drug-likeness (QED) is 0.687. The molecular formula is C18H27N3O. The summed E-state index contributed by atoms with van der Waals surface area (Å²) in [7, 11) is 1.82. The molecule has 1 saturated carbocycles. The molecule has 0 spiro atoms. The van der Waals surface area contributed by atoms with E-state index in [1.165, 1.54) is 12.0 Å². The number of methoxy groups -OCH3 is 1. The average Bonchev–Trinajstić information content (AvgIpc) is 2.53. The molecule has 1 aliphatic carbocycles. The van der Waals surface area contributed by atoms with Crippen LogP contribution in [0.4, 0.5) is 0 Å². The highest BCUT2D eigenvalue weighted by Crippen LogP contribution is 2.39. The Balaban J connectivity index is 1.59. The Morgan fingerprint density at radius 3 is 2.50 bits per heavy atom. The van der Waals surface area contributed by atoms with Crippen LogP contribution in [0, 0.1) is 0 Å². The van der Waals surface area contributed by atoms with Gasteiger partial charge in [0.15, 0.2) is 5.96 Å². The lowest BCUT2D eigenvalue weighted by Crippen LogP contribution is -2.47. The summed E-state index contributed by atoms with van der Waals surface area (Å²) in [4.78, 5) is 6.74. The number of benzene rings is 1. The average molecular weight is 301 g/mol. The molecule has 1 aromatic rings. The van der Waals surface area contributed by atoms with Crippen molar-refractivity contribution in [2.45, 2.75) is 43.6 Å². The molecule has 2 fully saturated rings. The zero-order valence-corrected chi connectivity index (χ0v) is 13.5. The van der Waals surface area contributed by atoms with Crippen LogP contribution in [0.15, 0.2) is 35.3 Å². The second-order valence-electron chi connectivity index (χ2n) is 6.59. The zero-order valence-electron chi connectivity index (χ0n) is 13.5. The summed E-state index contributed by atoms with van der Waals surface area (Å²) >= 11 is 0. The number of guanidine groups is 1. The highest BCUT2D eigenvalue weighted by Gasteiger charge is 2.36. The molecule has 2 aliphatic rings. The van der Waals surface area contributed by atoms with Gasteiger partial charge in [-0.15, -0.1) is 0 Å². The number of hydrogen-bond acceptors (Lipinski definition) is 2. The molecule has 4 nitrogen and oxygen atoms in total. The predicted octanol–water partition coefficient (Wildman–Crippen LogP) is 2.75. The number of ether oxygens (including phenoxy) is 1. The van der Waals surface area contributed by atoms with E-state index in [1.807, 2.05) is 7.11 Å². The van der Waals surface area contributed by atoms with E-state index >= 15 is 0 Å². The number of nitrogens with two attached hydrogens (primary N) is 1. The van der Waals surface area contributed by atoms with Gasteiger partial charge in [-0.3, -0.25) is 4.99 Å². The van der Waals surface area contributed by atoms with Crippen LogP contribution in [-0.2, 0) is 4.74 Å². The van der Waals surface area contributed by atoms with Crippen molar-refractivity contribution < 1.29 is 4.74 Å². The zero-order chi connectivity index (χ0) is 15.4. The van der Waals surface area contributed by atoms with Crippen LogP contribution in [-0.4, -0.2) is 43.2 Å². The van der Waals surface area contributed by atoms with E-state index < -0.39 is 0 Å². The first-order chi connectivity index (χ1) is 10.7. The molecule has 0 aromatic heterocycles. The minimum Gasteiger partial charge on any atom is -0.376 e. The molecule has 0 bridgehead atoms. The lowest BCUT2D eigenvalue weighted by molar-refractivity contribution is -0.0348. The first-order valence-electron chi connectivity index (χ1n) is 8.37. The van der Waals surface area contributed by atoms with Gasteiger partial charge in [0.05, 0.1) is 12.1 Å². The monoisotopic (exact) mass is 301 g/mol. The van der Waals surface area contributed by atoms with Crippen LogP contribution in [0.5, 0.6) is 0 Å². The van der Waals surface area contributed by atoms with Crippen LogP contribution in [0.25, 0.3) is 0 Å². The van der Waals surface area contributed by atoms with Crippen molar-refractivity contribution >= 4 is 5.96 Å². The second kappa shape index (κ2) is 6.69. The molecule has 0 atom stereocenters. The minimum atomic E-state index is -0.124. The van der Waals surface area contributed by atoms with E-state index in [4.69, 9.17) is 10.5 Å². The fourth-order valence-electron chi connectivity index (χ4n) is 3.50. The Kier molecular flexibility index (Phi) is 4.67. The largest absolute Gasteiger partial charge is 0.376 e. The standard InChI is InChI=1S/C18H27N3O/c1-22-18(14-20-17(19)21-12-5-13-21)10-8-16(9-11-18)15-6-3-2-4-7-15/h2-4,6-7,16H,5,8-14H2,1H3,(H2,19,20). The Morgan fingerprint density at radius 2 is 1.95 bits per heavy atom. The Labute approximate surface area is 133 Å². The summed E-state index contributed by atoms with van der Waals surface area (Å²) in [5.74, 6) is 1.34. The van der Waals surface area contributed by atoms with Gasteiger partial charge in [-0.05, 0) is 43.6 Å². The molecule has 120 valence electrons. The lowest BCUT2D eigenvalue weighted by atomic mass is 9.76. The smallest absolute Gasteiger partial charge is 0.191 e. The van der Waals surface area contributed by atoms with Gasteiger partial charge in [0.25, 0.3) is 0 Å². The van der Waals surface area contributed by atoms with Gasteiger partial charge in [0.1, 0.15) is 0 Å². The molecule has 3 rings (SSSR count). The molecule has 1 saturated heterocycles. The van der Waals surface area contributed by atoms with Crippen LogP contribution in [0.2, 0.25) is 0 Å². The molecule has 0 amide bonds. The van der Waals surface area contributed by atoms with E-state index in [9.17, 15) is 0 Å². The first kappa shape index (κ1) is 15.3. The molecule has 22 heavy (non-hydrogen) atoms. The maximum atomic E-state index is 6.05. The van der Waals surface area contributed by atoms with Crippen molar-refractivity contribution in [1.29, 1.82) is 0 Å². The molecular weight excluding hydrogens is 274 g/mol. The van der Waals surface area contributed by atoms with Crippen LogP contribution in [0.3, 0.4) is 0 Å². The lowest BCUT2D eigenvalue weighted by Gasteiger charge is -2.39. The van der Waals surface area contributed by atoms with E-state index in [2.05, 4.69) is 40.2 Å². The number of likely N-dealkylation sites (tertiary alicyclic amines) is 1. The summed E-state index contributed by atoms with van der Waals surface area (Å²) < 4.78 is 5.86. The normalized spacial score (nSPS) is 29.2. The van der Waals surface area contributed by atoms with Gasteiger partial charge >= 0.3 is 0 Å². The molecule has 4 heteroatoms. The third-order valence-corrected chi connectivity index (χ3v) is 5.31. The van der Waals surface area contributed by atoms with E-state index in [0.29, 0.717) is 18.4 Å². The van der Waals surface area contributed by atoms with Gasteiger partial charge in [0, 0.05) is 20.2 Å². The third kappa shape index (κ3) is 3.27. The van der Waals surface area contributed by atoms with Gasteiger partial charge in [0.2, 0.25) is 0 Å². The second-order valence-corrected chi connectivity index (χ2v) is 6.59. The molecule has 0 unspecified atom stereocenters. The first-order valence-corrected chi connectivity index (χ1v) is 8.37. The van der Waals surface area contributed by atoms with Crippen molar-refractivity contribution in [3.63, 3.8) is 0 Å². The minimum absolute atomic E-state index is 0.124. The van der Waals surface area contributed by atoms with E-state index in [1.54, 1.807) is 0 Å². The van der Waals surface area contributed by atoms with E-state index in [0.717, 1.165) is 38.8 Å². The summed E-state index contributed by atoms with van der Waals surface area (Å²) in [6, 6.07) is 10.8. The number of hydrogen-bond donors (Lipinski definition) is 1. The third-order valence-electron chi connectivity index (χ3n) is 5.31.